The lowest BCUT2D eigenvalue weighted by Crippen LogP contribution is -2.43. The van der Waals surface area contributed by atoms with Gasteiger partial charge < -0.3 is 5.32 Å². The Labute approximate surface area is 180 Å². The average Bonchev–Trinajstić information content (AvgIpc) is 2.70. The number of para-hydroxylation sites is 1. The lowest BCUT2D eigenvalue weighted by Gasteiger charge is -2.38. The molecule has 0 aromatic heterocycles. The van der Waals surface area contributed by atoms with Crippen molar-refractivity contribution in [2.45, 2.75) is 39.3 Å². The molecule has 0 aliphatic carbocycles. The van der Waals surface area contributed by atoms with Crippen LogP contribution in [0.2, 0.25) is 0 Å². The Morgan fingerprint density at radius 1 is 0.966 bits per heavy atom. The number of aryl methyl sites for hydroxylation is 1. The van der Waals surface area contributed by atoms with Crippen molar-refractivity contribution in [3.63, 3.8) is 0 Å². The summed E-state index contributed by atoms with van der Waals surface area (Å²) in [5, 5.41) is 3.58. The highest BCUT2D eigenvalue weighted by molar-refractivity contribution is 9.10. The van der Waals surface area contributed by atoms with Gasteiger partial charge in [-0.3, -0.25) is 9.69 Å². The van der Waals surface area contributed by atoms with E-state index in [0.717, 1.165) is 27.0 Å². The summed E-state index contributed by atoms with van der Waals surface area (Å²) in [7, 11) is 0. The zero-order valence-corrected chi connectivity index (χ0v) is 18.7. The molecular formula is C25H25BrN2O. The molecule has 3 aromatic rings. The third-order valence-electron chi connectivity index (χ3n) is 5.44. The highest BCUT2D eigenvalue weighted by Gasteiger charge is 2.34. The summed E-state index contributed by atoms with van der Waals surface area (Å²) in [6.45, 7) is 8.66. The summed E-state index contributed by atoms with van der Waals surface area (Å²) >= 11 is 3.56. The van der Waals surface area contributed by atoms with Crippen molar-refractivity contribution in [3.05, 3.63) is 93.5 Å². The smallest absolute Gasteiger partial charge is 0.262 e. The van der Waals surface area contributed by atoms with Crippen molar-refractivity contribution < 1.29 is 4.79 Å². The van der Waals surface area contributed by atoms with Gasteiger partial charge in [-0.2, -0.15) is 0 Å². The van der Waals surface area contributed by atoms with E-state index in [1.54, 1.807) is 0 Å². The Balaban J connectivity index is 1.82. The Hall–Kier alpha value is -2.59. The molecule has 3 nitrogen and oxygen atoms in total. The lowest BCUT2D eigenvalue weighted by atomic mass is 9.86. The number of fused-ring (bicyclic) bond motifs is 1. The minimum Gasteiger partial charge on any atom is -0.360 e. The first-order valence-electron chi connectivity index (χ1n) is 9.81. The van der Waals surface area contributed by atoms with Gasteiger partial charge in [-0.15, -0.1) is 0 Å². The van der Waals surface area contributed by atoms with Gasteiger partial charge in [-0.25, -0.2) is 0 Å². The first-order chi connectivity index (χ1) is 13.8. The molecule has 0 saturated heterocycles. The van der Waals surface area contributed by atoms with Crippen molar-refractivity contribution in [1.29, 1.82) is 0 Å². The van der Waals surface area contributed by atoms with E-state index in [1.807, 2.05) is 54.3 Å². The molecule has 1 N–H and O–H groups in total. The standard InChI is InChI=1S/C25H25BrN2O/c1-16-15-19(13-14-21(16)26)28-23(17-9-11-18(12-10-17)25(2,3)4)27-22-8-6-5-7-20(22)24(28)29/h5-15,23,27H,1-4H3/t23-/m0/s1. The molecule has 1 aliphatic heterocycles. The zero-order valence-electron chi connectivity index (χ0n) is 17.2. The van der Waals surface area contributed by atoms with Crippen molar-refractivity contribution >= 4 is 33.2 Å². The molecule has 0 unspecified atom stereocenters. The van der Waals surface area contributed by atoms with Crippen LogP contribution in [0.4, 0.5) is 11.4 Å². The molecule has 0 radical (unpaired) electrons. The summed E-state index contributed by atoms with van der Waals surface area (Å²) in [6.07, 6.45) is -0.271. The minimum atomic E-state index is -0.271. The first kappa shape index (κ1) is 19.7. The van der Waals surface area contributed by atoms with Crippen molar-refractivity contribution in [2.75, 3.05) is 10.2 Å². The Bertz CT molecular complexity index is 1070. The van der Waals surface area contributed by atoms with Crippen LogP contribution in [0.25, 0.3) is 0 Å². The zero-order chi connectivity index (χ0) is 20.8. The Morgan fingerprint density at radius 2 is 1.66 bits per heavy atom. The molecule has 0 fully saturated rings. The van der Waals surface area contributed by atoms with Gasteiger partial charge in [0.05, 0.1) is 5.56 Å². The molecule has 1 amide bonds. The number of nitrogens with one attached hydrogen (secondary N) is 1. The topological polar surface area (TPSA) is 32.3 Å². The quantitative estimate of drug-likeness (QED) is 0.465. The highest BCUT2D eigenvalue weighted by atomic mass is 79.9. The van der Waals surface area contributed by atoms with Crippen molar-refractivity contribution in [2.24, 2.45) is 0 Å². The van der Waals surface area contributed by atoms with E-state index in [-0.39, 0.29) is 17.5 Å². The van der Waals surface area contributed by atoms with Crippen LogP contribution in [-0.4, -0.2) is 5.91 Å². The fraction of sp³-hybridized carbons (Fsp3) is 0.240. The summed E-state index contributed by atoms with van der Waals surface area (Å²) in [6, 6.07) is 22.3. The second-order valence-electron chi connectivity index (χ2n) is 8.57. The predicted octanol–water partition coefficient (Wildman–Crippen LogP) is 6.83. The number of hydrogen-bond acceptors (Lipinski definition) is 2. The van der Waals surface area contributed by atoms with Gasteiger partial charge in [0.15, 0.2) is 0 Å². The van der Waals surface area contributed by atoms with Crippen molar-refractivity contribution in [1.82, 2.24) is 0 Å². The van der Waals surface area contributed by atoms with E-state index < -0.39 is 0 Å². The van der Waals surface area contributed by atoms with Gasteiger partial charge in [0, 0.05) is 15.8 Å². The number of carbonyl (C=O) groups excluding carboxylic acids is 1. The maximum Gasteiger partial charge on any atom is 0.262 e. The maximum absolute atomic E-state index is 13.5. The molecule has 0 spiro atoms. The summed E-state index contributed by atoms with van der Waals surface area (Å²) < 4.78 is 1.03. The van der Waals surface area contributed by atoms with E-state index in [9.17, 15) is 4.79 Å². The number of halogens is 1. The number of anilines is 2. The fourth-order valence-corrected chi connectivity index (χ4v) is 3.94. The van der Waals surface area contributed by atoms with Gasteiger partial charge in [-0.05, 0) is 59.4 Å². The van der Waals surface area contributed by atoms with Crippen LogP contribution >= 0.6 is 15.9 Å². The molecule has 1 heterocycles. The van der Waals surface area contributed by atoms with Crippen LogP contribution in [0.1, 0.15) is 54.0 Å². The molecule has 29 heavy (non-hydrogen) atoms. The molecule has 3 aromatic carbocycles. The number of benzene rings is 3. The number of hydrogen-bond donors (Lipinski definition) is 1. The number of nitrogens with zero attached hydrogens (tertiary/aromatic N) is 1. The first-order valence-corrected chi connectivity index (χ1v) is 10.6. The highest BCUT2D eigenvalue weighted by Crippen LogP contribution is 2.38. The van der Waals surface area contributed by atoms with Gasteiger partial charge in [0.2, 0.25) is 0 Å². The number of carbonyl (C=O) groups is 1. The van der Waals surface area contributed by atoms with Crippen LogP contribution in [0.3, 0.4) is 0 Å². The molecule has 4 rings (SSSR count). The summed E-state index contributed by atoms with van der Waals surface area (Å²) in [5.41, 5.74) is 5.95. The SMILES string of the molecule is Cc1cc(N2C(=O)c3ccccc3N[C@@H]2c2ccc(C(C)(C)C)cc2)ccc1Br. The minimum absolute atomic E-state index is 0.00553. The largest absolute Gasteiger partial charge is 0.360 e. The Morgan fingerprint density at radius 3 is 2.31 bits per heavy atom. The van der Waals surface area contributed by atoms with E-state index >= 15 is 0 Å². The molecular weight excluding hydrogens is 424 g/mol. The molecule has 0 saturated carbocycles. The van der Waals surface area contributed by atoms with Gasteiger partial charge in [-0.1, -0.05) is 73.1 Å². The molecule has 1 aliphatic rings. The van der Waals surface area contributed by atoms with Crippen LogP contribution in [0.5, 0.6) is 0 Å². The molecule has 4 heteroatoms. The van der Waals surface area contributed by atoms with Crippen LogP contribution < -0.4 is 10.2 Å². The maximum atomic E-state index is 13.5. The Kier molecular flexibility index (Phi) is 4.99. The molecule has 0 bridgehead atoms. The fourth-order valence-electron chi connectivity index (χ4n) is 3.70. The second-order valence-corrected chi connectivity index (χ2v) is 9.43. The van der Waals surface area contributed by atoms with Gasteiger partial charge in [0.1, 0.15) is 6.17 Å². The van der Waals surface area contributed by atoms with E-state index in [4.69, 9.17) is 0 Å². The predicted molar refractivity (Wildman–Crippen MR) is 124 cm³/mol. The summed E-state index contributed by atoms with van der Waals surface area (Å²) in [5.74, 6) is 0.00553. The molecule has 148 valence electrons. The van der Waals surface area contributed by atoms with Crippen LogP contribution in [0, 0.1) is 6.92 Å². The average molecular weight is 449 g/mol. The third-order valence-corrected chi connectivity index (χ3v) is 6.33. The third kappa shape index (κ3) is 3.69. The number of amides is 1. The van der Waals surface area contributed by atoms with Crippen LogP contribution in [-0.2, 0) is 5.41 Å². The monoisotopic (exact) mass is 448 g/mol. The summed E-state index contributed by atoms with van der Waals surface area (Å²) in [4.78, 5) is 15.4. The van der Waals surface area contributed by atoms with E-state index in [0.29, 0.717) is 5.56 Å². The number of rotatable bonds is 2. The van der Waals surface area contributed by atoms with Gasteiger partial charge >= 0.3 is 0 Å². The second kappa shape index (κ2) is 7.34. The normalized spacial score (nSPS) is 16.4. The van der Waals surface area contributed by atoms with Crippen LogP contribution in [0.15, 0.2) is 71.2 Å². The van der Waals surface area contributed by atoms with Gasteiger partial charge in [0.25, 0.3) is 5.91 Å². The van der Waals surface area contributed by atoms with E-state index in [2.05, 4.69) is 66.3 Å². The lowest BCUT2D eigenvalue weighted by molar-refractivity contribution is 0.0975. The molecule has 1 atom stereocenters. The van der Waals surface area contributed by atoms with E-state index in [1.165, 1.54) is 5.56 Å². The van der Waals surface area contributed by atoms with Crippen molar-refractivity contribution in [3.8, 4) is 0 Å².